The Morgan fingerprint density at radius 1 is 1.67 bits per heavy atom. The van der Waals surface area contributed by atoms with Crippen LogP contribution in [0.2, 0.25) is 13.1 Å². The van der Waals surface area contributed by atoms with Crippen molar-refractivity contribution in [1.82, 2.24) is 0 Å². The van der Waals surface area contributed by atoms with E-state index in [-0.39, 0.29) is 0 Å². The molecule has 0 aromatic carbocycles. The van der Waals surface area contributed by atoms with Gasteiger partial charge in [-0.3, -0.25) is 0 Å². The van der Waals surface area contributed by atoms with Gasteiger partial charge in [0.1, 0.15) is 5.34 Å². The minimum atomic E-state index is -1.15. The number of nitrogens with zero attached hydrogens (tertiary/aromatic N) is 1. The molecule has 0 radical (unpaired) electrons. The summed E-state index contributed by atoms with van der Waals surface area (Å²) in [6.45, 7) is 3.75. The molecule has 3 nitrogen and oxygen atoms in total. The van der Waals surface area contributed by atoms with Crippen LogP contribution in [-0.4, -0.2) is 9.04 Å². The Morgan fingerprint density at radius 3 is 2.17 bits per heavy atom. The minimum absolute atomic E-state index is 1.15. The summed E-state index contributed by atoms with van der Waals surface area (Å²) in [6.07, 6.45) is 0. The molecule has 0 rings (SSSR count). The summed E-state index contributed by atoms with van der Waals surface area (Å²) in [5.74, 6) is 0. The third-order valence-corrected chi connectivity index (χ3v) is 0.762. The third-order valence-electron chi connectivity index (χ3n) is 0.254. The Balaban J connectivity index is 2.81. The first-order valence-corrected chi connectivity index (χ1v) is 4.54. The molecule has 0 aromatic heterocycles. The fourth-order valence-corrected chi connectivity index (χ4v) is 0.258. The van der Waals surface area contributed by atoms with E-state index in [2.05, 4.69) is 9.87 Å². The van der Waals surface area contributed by atoms with Gasteiger partial charge in [-0.25, -0.2) is 0 Å². The van der Waals surface area contributed by atoms with E-state index in [4.69, 9.17) is 0 Å². The molecule has 0 aliphatic carbocycles. The van der Waals surface area contributed by atoms with E-state index in [1.165, 1.54) is 0 Å². The zero-order valence-corrected chi connectivity index (χ0v) is 5.00. The zero-order chi connectivity index (χ0) is 4.99. The van der Waals surface area contributed by atoms with Crippen LogP contribution in [0, 0.1) is 4.91 Å². The average molecular weight is 105 g/mol. The normalized spacial score (nSPS) is 8.50. The lowest BCUT2D eigenvalue weighted by Gasteiger charge is -1.90. The molecule has 36 valence electrons. The average Bonchev–Trinajstić information content (AvgIpc) is 1.35. The van der Waals surface area contributed by atoms with Gasteiger partial charge in [-0.2, -0.15) is 0 Å². The van der Waals surface area contributed by atoms with Crippen molar-refractivity contribution in [2.24, 2.45) is 5.34 Å². The van der Waals surface area contributed by atoms with Gasteiger partial charge in [-0.15, -0.1) is 4.91 Å². The van der Waals surface area contributed by atoms with E-state index >= 15 is 0 Å². The zero-order valence-electron chi connectivity index (χ0n) is 3.84. The van der Waals surface area contributed by atoms with Gasteiger partial charge in [0.05, 0.1) is 0 Å². The topological polar surface area (TPSA) is 38.7 Å². The smallest absolute Gasteiger partial charge is 0.271 e. The van der Waals surface area contributed by atoms with Gasteiger partial charge in [-0.1, -0.05) is 0 Å². The minimum Gasteiger partial charge on any atom is -0.429 e. The van der Waals surface area contributed by atoms with Gasteiger partial charge in [0.15, 0.2) is 0 Å². The molecule has 0 N–H and O–H groups in total. The van der Waals surface area contributed by atoms with Gasteiger partial charge in [0.2, 0.25) is 0 Å². The highest BCUT2D eigenvalue weighted by Gasteiger charge is 1.90. The largest absolute Gasteiger partial charge is 0.429 e. The molecule has 0 aliphatic rings. The summed E-state index contributed by atoms with van der Waals surface area (Å²) in [5, 5.41) is 2.25. The predicted molar refractivity (Wildman–Crippen MR) is 25.8 cm³/mol. The third kappa shape index (κ3) is 3.62. The number of hydrogen-bond acceptors (Lipinski definition) is 3. The van der Waals surface area contributed by atoms with Gasteiger partial charge < -0.3 is 4.53 Å². The van der Waals surface area contributed by atoms with Crippen molar-refractivity contribution in [3.8, 4) is 0 Å². The van der Waals surface area contributed by atoms with E-state index < -0.39 is 9.04 Å². The molecule has 0 saturated carbocycles. The highest BCUT2D eigenvalue weighted by molar-refractivity contribution is 6.48. The summed E-state index contributed by atoms with van der Waals surface area (Å²) < 4.78 is 4.25. The van der Waals surface area contributed by atoms with E-state index in [9.17, 15) is 4.91 Å². The molecule has 0 spiro atoms. The van der Waals surface area contributed by atoms with Crippen molar-refractivity contribution in [1.29, 1.82) is 0 Å². The predicted octanol–water partition coefficient (Wildman–Crippen LogP) is 0.668. The van der Waals surface area contributed by atoms with Gasteiger partial charge in [0, 0.05) is 0 Å². The second-order valence-corrected chi connectivity index (χ2v) is 3.54. The second kappa shape index (κ2) is 2.83. The van der Waals surface area contributed by atoms with Crippen LogP contribution in [0.25, 0.3) is 0 Å². The van der Waals surface area contributed by atoms with Gasteiger partial charge in [-0.05, 0) is 13.1 Å². The maximum atomic E-state index is 9.18. The Labute approximate surface area is 38.0 Å². The van der Waals surface area contributed by atoms with Crippen molar-refractivity contribution >= 4 is 9.04 Å². The Hall–Kier alpha value is -0.383. The first-order valence-electron chi connectivity index (χ1n) is 1.76. The van der Waals surface area contributed by atoms with Crippen molar-refractivity contribution in [2.75, 3.05) is 0 Å². The lowest BCUT2D eigenvalue weighted by atomic mass is 11.9. The summed E-state index contributed by atoms with van der Waals surface area (Å²) in [7, 11) is -1.15. The quantitative estimate of drug-likeness (QED) is 0.294. The van der Waals surface area contributed by atoms with Crippen LogP contribution in [0.15, 0.2) is 5.34 Å². The van der Waals surface area contributed by atoms with Crippen LogP contribution in [0.1, 0.15) is 0 Å². The lowest BCUT2D eigenvalue weighted by Crippen LogP contribution is -1.99. The van der Waals surface area contributed by atoms with Crippen LogP contribution < -0.4 is 0 Å². The molecule has 4 heteroatoms. The van der Waals surface area contributed by atoms with E-state index in [0.717, 1.165) is 0 Å². The highest BCUT2D eigenvalue weighted by atomic mass is 28.3. The van der Waals surface area contributed by atoms with Crippen LogP contribution >= 0.6 is 0 Å². The molecular weight excluding hydrogens is 98.1 g/mol. The molecule has 0 unspecified atom stereocenters. The molecule has 0 amide bonds. The van der Waals surface area contributed by atoms with Crippen molar-refractivity contribution < 1.29 is 4.53 Å². The molecule has 0 heterocycles. The van der Waals surface area contributed by atoms with E-state index in [1.807, 2.05) is 13.1 Å². The molecule has 0 atom stereocenters. The molecule has 0 aromatic rings. The molecule has 6 heavy (non-hydrogen) atoms. The number of rotatable bonds is 2. The first-order chi connectivity index (χ1) is 2.77. The Morgan fingerprint density at radius 2 is 2.17 bits per heavy atom. The lowest BCUT2D eigenvalue weighted by molar-refractivity contribution is 0.345. The molecule has 0 fully saturated rings. The van der Waals surface area contributed by atoms with E-state index in [0.29, 0.717) is 0 Å². The summed E-state index contributed by atoms with van der Waals surface area (Å²) in [6, 6.07) is 0. The van der Waals surface area contributed by atoms with Crippen molar-refractivity contribution in [3.63, 3.8) is 0 Å². The summed E-state index contributed by atoms with van der Waals surface area (Å²) in [5.41, 5.74) is 0. The standard InChI is InChI=1S/C2H7NO2Si/c1-6(2)5-3-4/h6H,1-2H3. The monoisotopic (exact) mass is 105 g/mol. The van der Waals surface area contributed by atoms with E-state index in [1.54, 1.807) is 0 Å². The maximum absolute atomic E-state index is 9.18. The summed E-state index contributed by atoms with van der Waals surface area (Å²) in [4.78, 5) is 9.18. The Kier molecular flexibility index (Phi) is 2.65. The SMILES string of the molecule is C[SiH](C)ON=O. The fourth-order valence-electron chi connectivity index (χ4n) is 0.0861. The summed E-state index contributed by atoms with van der Waals surface area (Å²) >= 11 is 0. The molecular formula is C2H7NO2Si. The number of hydrogen-bond donors (Lipinski definition) is 0. The first kappa shape index (κ1) is 5.62. The Bertz CT molecular complexity index is 46.8. The molecule has 0 bridgehead atoms. The van der Waals surface area contributed by atoms with Gasteiger partial charge >= 0.3 is 0 Å². The maximum Gasteiger partial charge on any atom is 0.271 e. The van der Waals surface area contributed by atoms with Crippen molar-refractivity contribution in [2.45, 2.75) is 13.1 Å². The van der Waals surface area contributed by atoms with Crippen LogP contribution in [0.4, 0.5) is 0 Å². The van der Waals surface area contributed by atoms with Gasteiger partial charge in [0.25, 0.3) is 9.04 Å². The van der Waals surface area contributed by atoms with Crippen LogP contribution in [0.3, 0.4) is 0 Å². The molecule has 0 saturated heterocycles. The second-order valence-electron chi connectivity index (χ2n) is 1.23. The van der Waals surface area contributed by atoms with Crippen LogP contribution in [-0.2, 0) is 4.53 Å². The van der Waals surface area contributed by atoms with Crippen molar-refractivity contribution in [3.05, 3.63) is 4.91 Å². The molecule has 0 aliphatic heterocycles. The highest BCUT2D eigenvalue weighted by Crippen LogP contribution is 1.79. The van der Waals surface area contributed by atoms with Crippen LogP contribution in [0.5, 0.6) is 0 Å². The fraction of sp³-hybridized carbons (Fsp3) is 1.00.